The van der Waals surface area contributed by atoms with Gasteiger partial charge >= 0.3 is 0 Å². The van der Waals surface area contributed by atoms with Crippen molar-refractivity contribution >= 4 is 23.2 Å². The fraction of sp³-hybridized carbons (Fsp3) is 0.500. The molecular formula is C14H18ClFN2O2. The second-order valence-electron chi connectivity index (χ2n) is 5.13. The Kier molecular flexibility index (Phi) is 4.96. The summed E-state index contributed by atoms with van der Waals surface area (Å²) in [5.41, 5.74) is 0.496. The third kappa shape index (κ3) is 4.16. The Bertz CT molecular complexity index is 488. The molecule has 0 aliphatic carbocycles. The van der Waals surface area contributed by atoms with Crippen LogP contribution in [-0.4, -0.2) is 42.6 Å². The molecule has 2 rings (SSSR count). The Morgan fingerprint density at radius 1 is 1.45 bits per heavy atom. The van der Waals surface area contributed by atoms with Gasteiger partial charge in [-0.05, 0) is 32.0 Å². The summed E-state index contributed by atoms with van der Waals surface area (Å²) in [5, 5.41) is 2.71. The van der Waals surface area contributed by atoms with Crippen molar-refractivity contribution in [2.24, 2.45) is 0 Å². The molecule has 1 fully saturated rings. The summed E-state index contributed by atoms with van der Waals surface area (Å²) in [7, 11) is 0. The molecule has 0 spiro atoms. The number of amides is 1. The Balaban J connectivity index is 1.90. The number of halogens is 2. The fourth-order valence-corrected chi connectivity index (χ4v) is 2.57. The van der Waals surface area contributed by atoms with Gasteiger partial charge in [0.25, 0.3) is 0 Å². The normalized spacial score (nSPS) is 23.6. The minimum Gasteiger partial charge on any atom is -0.373 e. The maximum Gasteiger partial charge on any atom is 0.238 e. The number of hydrogen-bond acceptors (Lipinski definition) is 3. The summed E-state index contributed by atoms with van der Waals surface area (Å²) in [6.07, 6.45) is 0.235. The first-order valence-corrected chi connectivity index (χ1v) is 6.94. The van der Waals surface area contributed by atoms with E-state index in [2.05, 4.69) is 5.32 Å². The molecule has 0 bridgehead atoms. The summed E-state index contributed by atoms with van der Waals surface area (Å²) < 4.78 is 18.6. The maximum absolute atomic E-state index is 13.0. The van der Waals surface area contributed by atoms with Gasteiger partial charge in [-0.1, -0.05) is 11.6 Å². The van der Waals surface area contributed by atoms with Crippen LogP contribution in [0, 0.1) is 5.82 Å². The van der Waals surface area contributed by atoms with E-state index in [9.17, 15) is 9.18 Å². The SMILES string of the molecule is CC1CN(CC(=O)Nc2ccc(F)c(Cl)c2)CC(C)O1. The number of anilines is 1. The van der Waals surface area contributed by atoms with E-state index in [1.807, 2.05) is 18.7 Å². The molecule has 0 aromatic heterocycles. The van der Waals surface area contributed by atoms with Crippen molar-refractivity contribution in [3.05, 3.63) is 29.0 Å². The molecule has 1 aromatic rings. The second kappa shape index (κ2) is 6.52. The summed E-state index contributed by atoms with van der Waals surface area (Å²) >= 11 is 5.67. The lowest BCUT2D eigenvalue weighted by Gasteiger charge is -2.34. The number of nitrogens with one attached hydrogen (secondary N) is 1. The van der Waals surface area contributed by atoms with E-state index < -0.39 is 5.82 Å². The lowest BCUT2D eigenvalue weighted by atomic mass is 10.2. The van der Waals surface area contributed by atoms with Crippen LogP contribution in [-0.2, 0) is 9.53 Å². The maximum atomic E-state index is 13.0. The number of benzene rings is 1. The van der Waals surface area contributed by atoms with E-state index in [1.165, 1.54) is 18.2 Å². The van der Waals surface area contributed by atoms with Crippen molar-refractivity contribution in [3.63, 3.8) is 0 Å². The van der Waals surface area contributed by atoms with E-state index in [1.54, 1.807) is 0 Å². The molecule has 6 heteroatoms. The highest BCUT2D eigenvalue weighted by Crippen LogP contribution is 2.19. The number of nitrogens with zero attached hydrogens (tertiary/aromatic N) is 1. The van der Waals surface area contributed by atoms with Gasteiger partial charge < -0.3 is 10.1 Å². The van der Waals surface area contributed by atoms with Crippen molar-refractivity contribution in [2.45, 2.75) is 26.1 Å². The first-order valence-electron chi connectivity index (χ1n) is 6.56. The molecule has 1 aliphatic rings. The highest BCUT2D eigenvalue weighted by molar-refractivity contribution is 6.31. The molecule has 2 unspecified atom stereocenters. The van der Waals surface area contributed by atoms with Crippen LogP contribution in [0.3, 0.4) is 0 Å². The molecule has 0 saturated carbocycles. The van der Waals surface area contributed by atoms with E-state index in [0.717, 1.165) is 13.1 Å². The topological polar surface area (TPSA) is 41.6 Å². The second-order valence-corrected chi connectivity index (χ2v) is 5.54. The van der Waals surface area contributed by atoms with Gasteiger partial charge in [-0.15, -0.1) is 0 Å². The van der Waals surface area contributed by atoms with Crippen molar-refractivity contribution in [2.75, 3.05) is 25.0 Å². The molecule has 1 saturated heterocycles. The summed E-state index contributed by atoms with van der Waals surface area (Å²) in [6.45, 7) is 5.71. The smallest absolute Gasteiger partial charge is 0.238 e. The molecular weight excluding hydrogens is 283 g/mol. The standard InChI is InChI=1S/C14H18ClFN2O2/c1-9-6-18(7-10(2)20-9)8-14(19)17-11-3-4-13(16)12(15)5-11/h3-5,9-10H,6-8H2,1-2H3,(H,17,19). The monoisotopic (exact) mass is 300 g/mol. The number of ether oxygens (including phenoxy) is 1. The van der Waals surface area contributed by atoms with Gasteiger partial charge in [-0.25, -0.2) is 4.39 Å². The largest absolute Gasteiger partial charge is 0.373 e. The van der Waals surface area contributed by atoms with E-state index >= 15 is 0 Å². The zero-order valence-corrected chi connectivity index (χ0v) is 12.3. The van der Waals surface area contributed by atoms with Gasteiger partial charge in [0.2, 0.25) is 5.91 Å². The van der Waals surface area contributed by atoms with E-state index in [0.29, 0.717) is 5.69 Å². The molecule has 110 valence electrons. The number of rotatable bonds is 3. The van der Waals surface area contributed by atoms with Gasteiger partial charge in [0.1, 0.15) is 5.82 Å². The minimum atomic E-state index is -0.500. The van der Waals surface area contributed by atoms with Gasteiger partial charge in [-0.3, -0.25) is 9.69 Å². The summed E-state index contributed by atoms with van der Waals surface area (Å²) in [5.74, 6) is -0.644. The van der Waals surface area contributed by atoms with Crippen LogP contribution in [0.5, 0.6) is 0 Å². The van der Waals surface area contributed by atoms with E-state index in [4.69, 9.17) is 16.3 Å². The van der Waals surface area contributed by atoms with Crippen LogP contribution in [0.15, 0.2) is 18.2 Å². The molecule has 1 amide bonds. The fourth-order valence-electron chi connectivity index (χ4n) is 2.39. The number of carbonyl (C=O) groups excluding carboxylic acids is 1. The van der Waals surface area contributed by atoms with Crippen molar-refractivity contribution in [3.8, 4) is 0 Å². The zero-order chi connectivity index (χ0) is 14.7. The number of morpholine rings is 1. The first kappa shape index (κ1) is 15.2. The highest BCUT2D eigenvalue weighted by Gasteiger charge is 2.23. The average molecular weight is 301 g/mol. The molecule has 4 nitrogen and oxygen atoms in total. The van der Waals surface area contributed by atoms with Gasteiger partial charge in [-0.2, -0.15) is 0 Å². The zero-order valence-electron chi connectivity index (χ0n) is 11.5. The molecule has 1 heterocycles. The van der Waals surface area contributed by atoms with Crippen LogP contribution in [0.1, 0.15) is 13.8 Å². The van der Waals surface area contributed by atoms with Crippen molar-refractivity contribution < 1.29 is 13.9 Å². The number of hydrogen-bond donors (Lipinski definition) is 1. The Labute approximate surface area is 122 Å². The molecule has 2 atom stereocenters. The third-order valence-corrected chi connectivity index (χ3v) is 3.36. The summed E-state index contributed by atoms with van der Waals surface area (Å²) in [4.78, 5) is 14.0. The lowest BCUT2D eigenvalue weighted by Crippen LogP contribution is -2.48. The molecule has 1 N–H and O–H groups in total. The minimum absolute atomic E-state index is 0.00332. The molecule has 1 aliphatic heterocycles. The van der Waals surface area contributed by atoms with Crippen LogP contribution in [0.2, 0.25) is 5.02 Å². The molecule has 20 heavy (non-hydrogen) atoms. The molecule has 0 radical (unpaired) electrons. The first-order chi connectivity index (χ1) is 9.44. The Morgan fingerprint density at radius 3 is 2.70 bits per heavy atom. The summed E-state index contributed by atoms with van der Waals surface area (Å²) in [6, 6.07) is 4.12. The van der Waals surface area contributed by atoms with Crippen molar-refractivity contribution in [1.29, 1.82) is 0 Å². The van der Waals surface area contributed by atoms with Gasteiger partial charge in [0.05, 0.1) is 23.8 Å². The lowest BCUT2D eigenvalue weighted by molar-refractivity contribution is -0.121. The van der Waals surface area contributed by atoms with Crippen LogP contribution < -0.4 is 5.32 Å². The predicted molar refractivity (Wildman–Crippen MR) is 76.5 cm³/mol. The van der Waals surface area contributed by atoms with Crippen LogP contribution in [0.25, 0.3) is 0 Å². The highest BCUT2D eigenvalue weighted by atomic mass is 35.5. The van der Waals surface area contributed by atoms with E-state index in [-0.39, 0.29) is 29.7 Å². The quantitative estimate of drug-likeness (QED) is 0.932. The molecule has 1 aromatic carbocycles. The van der Waals surface area contributed by atoms with Crippen molar-refractivity contribution in [1.82, 2.24) is 4.90 Å². The Morgan fingerprint density at radius 2 is 2.10 bits per heavy atom. The predicted octanol–water partition coefficient (Wildman–Crippen LogP) is 2.53. The Hall–Kier alpha value is -1.17. The van der Waals surface area contributed by atoms with Crippen LogP contribution in [0.4, 0.5) is 10.1 Å². The van der Waals surface area contributed by atoms with Gasteiger partial charge in [0, 0.05) is 18.8 Å². The van der Waals surface area contributed by atoms with Gasteiger partial charge in [0.15, 0.2) is 0 Å². The number of carbonyl (C=O) groups is 1. The van der Waals surface area contributed by atoms with Crippen LogP contribution >= 0.6 is 11.6 Å². The average Bonchev–Trinajstić information content (AvgIpc) is 2.32. The third-order valence-electron chi connectivity index (χ3n) is 3.07.